The summed E-state index contributed by atoms with van der Waals surface area (Å²) in [5.74, 6) is 0. The van der Waals surface area contributed by atoms with Gasteiger partial charge in [0, 0.05) is 17.0 Å². The van der Waals surface area contributed by atoms with E-state index in [1.54, 1.807) is 18.3 Å². The van der Waals surface area contributed by atoms with Crippen LogP contribution in [0, 0.1) is 0 Å². The molecule has 0 fully saturated rings. The SMILES string of the molecule is O=S(=O)(O)c1ccc2ccc3cccnc3c2n1. The van der Waals surface area contributed by atoms with E-state index in [9.17, 15) is 8.42 Å². The maximum absolute atomic E-state index is 11.1. The van der Waals surface area contributed by atoms with Gasteiger partial charge in [-0.25, -0.2) is 4.98 Å². The fourth-order valence-electron chi connectivity index (χ4n) is 1.85. The summed E-state index contributed by atoms with van der Waals surface area (Å²) in [5, 5.41) is 1.27. The van der Waals surface area contributed by atoms with E-state index in [0.717, 1.165) is 10.8 Å². The molecule has 0 atom stereocenters. The highest BCUT2D eigenvalue weighted by Gasteiger charge is 2.13. The van der Waals surface area contributed by atoms with Gasteiger partial charge in [0.05, 0.1) is 11.0 Å². The number of rotatable bonds is 1. The Morgan fingerprint density at radius 3 is 2.33 bits per heavy atom. The van der Waals surface area contributed by atoms with Crippen molar-refractivity contribution in [3.8, 4) is 0 Å². The molecule has 0 unspecified atom stereocenters. The second kappa shape index (κ2) is 3.72. The Hall–Kier alpha value is -2.05. The smallest absolute Gasteiger partial charge is 0.281 e. The molecule has 1 aromatic carbocycles. The second-order valence-corrected chi connectivity index (χ2v) is 5.21. The van der Waals surface area contributed by atoms with Crippen LogP contribution in [0.4, 0.5) is 0 Å². The molecule has 0 spiro atoms. The van der Waals surface area contributed by atoms with E-state index in [0.29, 0.717) is 11.0 Å². The minimum absolute atomic E-state index is 0.367. The van der Waals surface area contributed by atoms with Gasteiger partial charge in [-0.3, -0.25) is 9.54 Å². The van der Waals surface area contributed by atoms with Crippen molar-refractivity contribution in [1.29, 1.82) is 0 Å². The molecule has 5 nitrogen and oxygen atoms in total. The molecule has 90 valence electrons. The topological polar surface area (TPSA) is 80.2 Å². The maximum Gasteiger partial charge on any atom is 0.312 e. The predicted octanol–water partition coefficient (Wildman–Crippen LogP) is 2.03. The molecule has 0 amide bonds. The Bertz CT molecular complexity index is 859. The highest BCUT2D eigenvalue weighted by molar-refractivity contribution is 7.85. The third kappa shape index (κ3) is 1.71. The van der Waals surface area contributed by atoms with Crippen LogP contribution in [0.25, 0.3) is 21.8 Å². The molecule has 0 saturated heterocycles. The third-order valence-corrected chi connectivity index (χ3v) is 3.43. The summed E-state index contributed by atoms with van der Waals surface area (Å²) in [6.45, 7) is 0. The Morgan fingerprint density at radius 2 is 1.61 bits per heavy atom. The van der Waals surface area contributed by atoms with E-state index in [1.807, 2.05) is 18.2 Å². The Kier molecular flexibility index (Phi) is 2.29. The molecular formula is C12H8N2O3S. The van der Waals surface area contributed by atoms with Crippen LogP contribution in [-0.4, -0.2) is 22.9 Å². The highest BCUT2D eigenvalue weighted by atomic mass is 32.2. The first-order valence-electron chi connectivity index (χ1n) is 5.18. The summed E-state index contributed by atoms with van der Waals surface area (Å²) in [6.07, 6.45) is 1.61. The number of fused-ring (bicyclic) bond motifs is 3. The van der Waals surface area contributed by atoms with Crippen molar-refractivity contribution in [2.24, 2.45) is 0 Å². The van der Waals surface area contributed by atoms with Crippen molar-refractivity contribution < 1.29 is 13.0 Å². The van der Waals surface area contributed by atoms with Crippen LogP contribution >= 0.6 is 0 Å². The van der Waals surface area contributed by atoms with Gasteiger partial charge in [0.25, 0.3) is 0 Å². The second-order valence-electron chi connectivity index (χ2n) is 3.84. The van der Waals surface area contributed by atoms with Crippen molar-refractivity contribution >= 4 is 31.9 Å². The normalized spacial score (nSPS) is 12.1. The van der Waals surface area contributed by atoms with Crippen molar-refractivity contribution in [3.05, 3.63) is 42.6 Å². The van der Waals surface area contributed by atoms with Crippen LogP contribution in [0.3, 0.4) is 0 Å². The largest absolute Gasteiger partial charge is 0.312 e. The van der Waals surface area contributed by atoms with Gasteiger partial charge in [0.1, 0.15) is 0 Å². The molecule has 2 heterocycles. The van der Waals surface area contributed by atoms with Gasteiger partial charge in [-0.2, -0.15) is 8.42 Å². The van der Waals surface area contributed by atoms with Crippen LogP contribution < -0.4 is 0 Å². The van der Waals surface area contributed by atoms with E-state index in [-0.39, 0.29) is 5.03 Å². The number of hydrogen-bond acceptors (Lipinski definition) is 4. The maximum atomic E-state index is 11.1. The van der Waals surface area contributed by atoms with Gasteiger partial charge in [0.15, 0.2) is 5.03 Å². The summed E-state index contributed by atoms with van der Waals surface area (Å²) < 4.78 is 31.2. The quantitative estimate of drug-likeness (QED) is 0.535. The lowest BCUT2D eigenvalue weighted by Crippen LogP contribution is -2.01. The molecule has 2 aromatic heterocycles. The standard InChI is InChI=1S/C12H8N2O3S/c15-18(16,17)10-6-5-9-4-3-8-2-1-7-13-11(8)12(9)14-10/h1-7H,(H,15,16,17). The first kappa shape index (κ1) is 11.1. The van der Waals surface area contributed by atoms with E-state index >= 15 is 0 Å². The first-order valence-corrected chi connectivity index (χ1v) is 6.62. The summed E-state index contributed by atoms with van der Waals surface area (Å²) in [4.78, 5) is 8.17. The molecule has 3 rings (SSSR count). The van der Waals surface area contributed by atoms with Crippen molar-refractivity contribution in [2.75, 3.05) is 0 Å². The van der Waals surface area contributed by atoms with Gasteiger partial charge in [-0.15, -0.1) is 0 Å². The highest BCUT2D eigenvalue weighted by Crippen LogP contribution is 2.23. The molecule has 0 aliphatic rings. The minimum atomic E-state index is -4.30. The van der Waals surface area contributed by atoms with Crippen molar-refractivity contribution in [3.63, 3.8) is 0 Å². The summed E-state index contributed by atoms with van der Waals surface area (Å²) in [5.41, 5.74) is 1.07. The van der Waals surface area contributed by atoms with Crippen molar-refractivity contribution in [1.82, 2.24) is 9.97 Å². The molecule has 0 bridgehead atoms. The van der Waals surface area contributed by atoms with Gasteiger partial charge in [0.2, 0.25) is 0 Å². The van der Waals surface area contributed by atoms with Crippen LogP contribution in [0.15, 0.2) is 47.6 Å². The zero-order valence-electron chi connectivity index (χ0n) is 9.11. The number of aromatic nitrogens is 2. The van der Waals surface area contributed by atoms with Gasteiger partial charge in [-0.05, 0) is 18.2 Å². The molecule has 18 heavy (non-hydrogen) atoms. The predicted molar refractivity (Wildman–Crippen MR) is 66.9 cm³/mol. The van der Waals surface area contributed by atoms with Gasteiger partial charge >= 0.3 is 10.1 Å². The van der Waals surface area contributed by atoms with Crippen LogP contribution in [-0.2, 0) is 10.1 Å². The Balaban J connectivity index is 2.48. The number of hydrogen-bond donors (Lipinski definition) is 1. The fourth-order valence-corrected chi connectivity index (χ4v) is 2.30. The molecule has 6 heteroatoms. The molecule has 3 aromatic rings. The summed E-state index contributed by atoms with van der Waals surface area (Å²) in [7, 11) is -4.30. The van der Waals surface area contributed by atoms with E-state index in [4.69, 9.17) is 4.55 Å². The molecule has 0 radical (unpaired) electrons. The van der Waals surface area contributed by atoms with Crippen LogP contribution in [0.5, 0.6) is 0 Å². The Morgan fingerprint density at radius 1 is 0.944 bits per heavy atom. The molecule has 0 aliphatic carbocycles. The van der Waals surface area contributed by atoms with Crippen LogP contribution in [0.1, 0.15) is 0 Å². The average molecular weight is 260 g/mol. The van der Waals surface area contributed by atoms with Crippen LogP contribution in [0.2, 0.25) is 0 Å². The van der Waals surface area contributed by atoms with E-state index in [1.165, 1.54) is 6.07 Å². The zero-order chi connectivity index (χ0) is 12.8. The number of benzene rings is 1. The number of nitrogens with zero attached hydrogens (tertiary/aromatic N) is 2. The molecule has 1 N–H and O–H groups in total. The first-order chi connectivity index (χ1) is 8.55. The lowest BCUT2D eigenvalue weighted by atomic mass is 10.1. The number of pyridine rings is 2. The van der Waals surface area contributed by atoms with E-state index < -0.39 is 10.1 Å². The van der Waals surface area contributed by atoms with E-state index in [2.05, 4.69) is 9.97 Å². The monoisotopic (exact) mass is 260 g/mol. The molecular weight excluding hydrogens is 252 g/mol. The van der Waals surface area contributed by atoms with Gasteiger partial charge < -0.3 is 0 Å². The molecule has 0 saturated carbocycles. The Labute approximate surface area is 103 Å². The minimum Gasteiger partial charge on any atom is -0.281 e. The van der Waals surface area contributed by atoms with Gasteiger partial charge in [-0.1, -0.05) is 18.2 Å². The lowest BCUT2D eigenvalue weighted by molar-refractivity contribution is 0.480. The fraction of sp³-hybridized carbons (Fsp3) is 0. The summed E-state index contributed by atoms with van der Waals surface area (Å²) in [6, 6.07) is 10.2. The summed E-state index contributed by atoms with van der Waals surface area (Å²) >= 11 is 0. The van der Waals surface area contributed by atoms with Crippen molar-refractivity contribution in [2.45, 2.75) is 5.03 Å². The third-order valence-electron chi connectivity index (χ3n) is 2.67. The lowest BCUT2D eigenvalue weighted by Gasteiger charge is -2.03. The average Bonchev–Trinajstić information content (AvgIpc) is 2.37. The zero-order valence-corrected chi connectivity index (χ0v) is 9.92. The molecule has 0 aliphatic heterocycles.